The number of hydrogen-bond donors (Lipinski definition) is 0. The van der Waals surface area contributed by atoms with Gasteiger partial charge in [0.1, 0.15) is 0 Å². The first-order chi connectivity index (χ1) is 12.9. The number of carbonyl (C=O) groups excluding carboxylic acids is 1. The molecule has 5 nitrogen and oxygen atoms in total. The van der Waals surface area contributed by atoms with Gasteiger partial charge in [0.15, 0.2) is 5.78 Å². The summed E-state index contributed by atoms with van der Waals surface area (Å²) >= 11 is 0. The first-order valence-electron chi connectivity index (χ1n) is 9.50. The number of rotatable bonds is 6. The highest BCUT2D eigenvalue weighted by molar-refractivity contribution is 5.99. The maximum atomic E-state index is 12.6. The van der Waals surface area contributed by atoms with E-state index in [0.717, 1.165) is 60.5 Å². The van der Waals surface area contributed by atoms with Gasteiger partial charge in [0.2, 0.25) is 0 Å². The SMILES string of the molecule is COCCCCc1cc(-n2nc(C)c3c2CC(C)(C)CC3=O)ccc1C#N. The highest BCUT2D eigenvalue weighted by Gasteiger charge is 2.35. The van der Waals surface area contributed by atoms with Crippen molar-refractivity contribution in [1.29, 1.82) is 5.26 Å². The van der Waals surface area contributed by atoms with Gasteiger partial charge >= 0.3 is 0 Å². The van der Waals surface area contributed by atoms with Crippen molar-refractivity contribution in [3.63, 3.8) is 0 Å². The molecular formula is C22H27N3O2. The summed E-state index contributed by atoms with van der Waals surface area (Å²) < 4.78 is 7.02. The quantitative estimate of drug-likeness (QED) is 0.720. The molecule has 0 saturated carbocycles. The van der Waals surface area contributed by atoms with E-state index < -0.39 is 0 Å². The molecule has 0 fully saturated rings. The number of ketones is 1. The Bertz CT molecular complexity index is 903. The number of Topliss-reactive ketones (excluding diaryl/α,β-unsaturated/α-hetero) is 1. The molecule has 0 atom stereocenters. The summed E-state index contributed by atoms with van der Waals surface area (Å²) in [5, 5.41) is 14.1. The Morgan fingerprint density at radius 1 is 1.30 bits per heavy atom. The maximum Gasteiger partial charge on any atom is 0.167 e. The second kappa shape index (κ2) is 7.66. The van der Waals surface area contributed by atoms with E-state index in [0.29, 0.717) is 12.0 Å². The minimum Gasteiger partial charge on any atom is -0.385 e. The first kappa shape index (κ1) is 19.3. The van der Waals surface area contributed by atoms with E-state index in [9.17, 15) is 10.1 Å². The number of aromatic nitrogens is 2. The van der Waals surface area contributed by atoms with Gasteiger partial charge in [-0.1, -0.05) is 13.8 Å². The van der Waals surface area contributed by atoms with Gasteiger partial charge in [-0.05, 0) is 61.8 Å². The van der Waals surface area contributed by atoms with Crippen LogP contribution >= 0.6 is 0 Å². The van der Waals surface area contributed by atoms with Crippen LogP contribution in [0.4, 0.5) is 0 Å². The third-order valence-corrected chi connectivity index (χ3v) is 5.22. The molecule has 0 bridgehead atoms. The summed E-state index contributed by atoms with van der Waals surface area (Å²) in [7, 11) is 1.70. The van der Waals surface area contributed by atoms with Crippen LogP contribution < -0.4 is 0 Å². The van der Waals surface area contributed by atoms with Crippen LogP contribution in [0.2, 0.25) is 0 Å². The number of hydrogen-bond acceptors (Lipinski definition) is 4. The minimum absolute atomic E-state index is 0.0656. The average Bonchev–Trinajstić information content (AvgIpc) is 2.94. The second-order valence-electron chi connectivity index (χ2n) is 8.16. The average molecular weight is 365 g/mol. The lowest BCUT2D eigenvalue weighted by molar-refractivity contribution is 0.0910. The first-order valence-corrected chi connectivity index (χ1v) is 9.50. The van der Waals surface area contributed by atoms with E-state index >= 15 is 0 Å². The van der Waals surface area contributed by atoms with E-state index in [4.69, 9.17) is 4.74 Å². The summed E-state index contributed by atoms with van der Waals surface area (Å²) in [4.78, 5) is 12.6. The molecule has 1 aliphatic carbocycles. The van der Waals surface area contributed by atoms with E-state index in [1.165, 1.54) is 0 Å². The van der Waals surface area contributed by atoms with Gasteiger partial charge in [-0.15, -0.1) is 0 Å². The van der Waals surface area contributed by atoms with Crippen LogP contribution in [0.25, 0.3) is 5.69 Å². The zero-order chi connectivity index (χ0) is 19.6. The van der Waals surface area contributed by atoms with E-state index in [2.05, 4.69) is 25.0 Å². The summed E-state index contributed by atoms with van der Waals surface area (Å²) in [6.07, 6.45) is 4.13. The number of carbonyl (C=O) groups is 1. The minimum atomic E-state index is -0.0656. The zero-order valence-electron chi connectivity index (χ0n) is 16.6. The van der Waals surface area contributed by atoms with Crippen LogP contribution in [0, 0.1) is 23.7 Å². The van der Waals surface area contributed by atoms with Crippen molar-refractivity contribution in [1.82, 2.24) is 9.78 Å². The Labute approximate surface area is 161 Å². The lowest BCUT2D eigenvalue weighted by Gasteiger charge is -2.29. The van der Waals surface area contributed by atoms with Gasteiger partial charge in [0.05, 0.1) is 34.3 Å². The Hall–Kier alpha value is -2.45. The summed E-state index contributed by atoms with van der Waals surface area (Å²) in [6, 6.07) is 8.12. The lowest BCUT2D eigenvalue weighted by Crippen LogP contribution is -2.28. The Balaban J connectivity index is 1.99. The predicted octanol–water partition coefficient (Wildman–Crippen LogP) is 4.18. The molecular weight excluding hydrogens is 338 g/mol. The highest BCUT2D eigenvalue weighted by Crippen LogP contribution is 2.37. The molecule has 0 radical (unpaired) electrons. The van der Waals surface area contributed by atoms with Gasteiger partial charge in [0, 0.05) is 20.1 Å². The lowest BCUT2D eigenvalue weighted by atomic mass is 9.75. The number of aryl methyl sites for hydroxylation is 2. The molecule has 0 unspecified atom stereocenters. The normalized spacial score (nSPS) is 15.4. The molecule has 3 rings (SSSR count). The smallest absolute Gasteiger partial charge is 0.167 e. The number of methoxy groups -OCH3 is 1. The molecule has 5 heteroatoms. The van der Waals surface area contributed by atoms with Crippen LogP contribution in [-0.4, -0.2) is 29.3 Å². The monoisotopic (exact) mass is 365 g/mol. The molecule has 0 saturated heterocycles. The third kappa shape index (κ3) is 3.96. The largest absolute Gasteiger partial charge is 0.385 e. The molecule has 0 N–H and O–H groups in total. The molecule has 142 valence electrons. The van der Waals surface area contributed by atoms with Crippen molar-refractivity contribution in [2.45, 2.75) is 52.9 Å². The van der Waals surface area contributed by atoms with Crippen LogP contribution in [0.3, 0.4) is 0 Å². The van der Waals surface area contributed by atoms with Gasteiger partial charge in [0.25, 0.3) is 0 Å². The number of unbranched alkanes of at least 4 members (excludes halogenated alkanes) is 1. The fourth-order valence-electron chi connectivity index (χ4n) is 3.94. The fraction of sp³-hybridized carbons (Fsp3) is 0.500. The molecule has 1 aliphatic rings. The molecule has 27 heavy (non-hydrogen) atoms. The topological polar surface area (TPSA) is 67.9 Å². The predicted molar refractivity (Wildman–Crippen MR) is 104 cm³/mol. The van der Waals surface area contributed by atoms with Crippen molar-refractivity contribution < 1.29 is 9.53 Å². The number of fused-ring (bicyclic) bond motifs is 1. The number of ether oxygens (including phenoxy) is 1. The molecule has 0 aliphatic heterocycles. The van der Waals surface area contributed by atoms with Crippen molar-refractivity contribution >= 4 is 5.78 Å². The van der Waals surface area contributed by atoms with Gasteiger partial charge in [-0.3, -0.25) is 4.79 Å². The number of nitriles is 1. The summed E-state index contributed by atoms with van der Waals surface area (Å²) in [5.41, 5.74) is 5.13. The molecule has 1 aromatic carbocycles. The second-order valence-corrected chi connectivity index (χ2v) is 8.16. The van der Waals surface area contributed by atoms with E-state index in [1.54, 1.807) is 7.11 Å². The molecule has 0 amide bonds. The number of nitrogens with zero attached hydrogens (tertiary/aromatic N) is 3. The summed E-state index contributed by atoms with van der Waals surface area (Å²) in [5.74, 6) is 0.179. The highest BCUT2D eigenvalue weighted by atomic mass is 16.5. The summed E-state index contributed by atoms with van der Waals surface area (Å²) in [6.45, 7) is 6.88. The molecule has 2 aromatic rings. The standard InChI is InChI=1S/C22H27N3O2/c1-15-21-19(12-22(2,3)13-20(21)26)25(24-15)18-9-8-17(14-23)16(11-18)7-5-6-10-27-4/h8-9,11H,5-7,10,12-13H2,1-4H3. The van der Waals surface area contributed by atoms with Crippen molar-refractivity contribution in [3.8, 4) is 11.8 Å². The Morgan fingerprint density at radius 3 is 2.78 bits per heavy atom. The van der Waals surface area contributed by atoms with Crippen molar-refractivity contribution in [2.24, 2.45) is 5.41 Å². The maximum absolute atomic E-state index is 12.6. The van der Waals surface area contributed by atoms with E-state index in [1.807, 2.05) is 29.8 Å². The molecule has 1 heterocycles. The van der Waals surface area contributed by atoms with Gasteiger partial charge < -0.3 is 4.74 Å². The third-order valence-electron chi connectivity index (χ3n) is 5.22. The van der Waals surface area contributed by atoms with Crippen LogP contribution in [0.15, 0.2) is 18.2 Å². The fourth-order valence-corrected chi connectivity index (χ4v) is 3.94. The van der Waals surface area contributed by atoms with Crippen LogP contribution in [-0.2, 0) is 17.6 Å². The van der Waals surface area contributed by atoms with Crippen LogP contribution in [0.1, 0.15) is 66.0 Å². The van der Waals surface area contributed by atoms with E-state index in [-0.39, 0.29) is 11.2 Å². The van der Waals surface area contributed by atoms with Gasteiger partial charge in [-0.25, -0.2) is 4.68 Å². The Kier molecular flexibility index (Phi) is 5.48. The molecule has 1 aromatic heterocycles. The van der Waals surface area contributed by atoms with Crippen molar-refractivity contribution in [3.05, 3.63) is 46.3 Å². The van der Waals surface area contributed by atoms with Crippen LogP contribution in [0.5, 0.6) is 0 Å². The zero-order valence-corrected chi connectivity index (χ0v) is 16.6. The van der Waals surface area contributed by atoms with Gasteiger partial charge in [-0.2, -0.15) is 10.4 Å². The molecule has 0 spiro atoms. The number of benzene rings is 1. The Morgan fingerprint density at radius 2 is 2.07 bits per heavy atom. The van der Waals surface area contributed by atoms with Crippen molar-refractivity contribution in [2.75, 3.05) is 13.7 Å².